The minimum Gasteiger partial charge on any atom is -0.272 e. The molecular formula is C10H13N3O3. The Morgan fingerprint density at radius 2 is 2.31 bits per heavy atom. The molecule has 6 nitrogen and oxygen atoms in total. The number of hydrogen-bond donors (Lipinski definition) is 0. The lowest BCUT2D eigenvalue weighted by atomic mass is 10.3. The van der Waals surface area contributed by atoms with E-state index in [2.05, 4.69) is 4.98 Å². The smallest absolute Gasteiger partial charge is 0.272 e. The van der Waals surface area contributed by atoms with Crippen LogP contribution in [0.25, 0.3) is 0 Å². The van der Waals surface area contributed by atoms with E-state index in [1.807, 2.05) is 0 Å². The summed E-state index contributed by atoms with van der Waals surface area (Å²) in [6, 6.07) is 3.09. The number of hydrogen-bond acceptors (Lipinski definition) is 5. The monoisotopic (exact) mass is 223 g/mol. The molecule has 86 valence electrons. The molecule has 2 heterocycles. The number of rotatable bonds is 2. The lowest BCUT2D eigenvalue weighted by Crippen LogP contribution is -2.30. The van der Waals surface area contributed by atoms with Crippen LogP contribution in [0.3, 0.4) is 0 Å². The topological polar surface area (TPSA) is 68.5 Å². The highest BCUT2D eigenvalue weighted by atomic mass is 16.7. The van der Waals surface area contributed by atoms with E-state index in [4.69, 9.17) is 4.84 Å². The Balaban J connectivity index is 2.23. The zero-order valence-electron chi connectivity index (χ0n) is 9.05. The van der Waals surface area contributed by atoms with Gasteiger partial charge in [-0.15, -0.1) is 0 Å². The minimum atomic E-state index is -0.427. The molecule has 0 radical (unpaired) electrons. The second-order valence-corrected chi connectivity index (χ2v) is 3.67. The van der Waals surface area contributed by atoms with Gasteiger partial charge in [0.05, 0.1) is 11.5 Å². The van der Waals surface area contributed by atoms with E-state index >= 15 is 0 Å². The van der Waals surface area contributed by atoms with Crippen molar-refractivity contribution in [2.24, 2.45) is 0 Å². The Labute approximate surface area is 93.0 Å². The molecule has 16 heavy (non-hydrogen) atoms. The van der Waals surface area contributed by atoms with Gasteiger partial charge < -0.3 is 0 Å². The number of hydroxylamine groups is 1. The predicted octanol–water partition coefficient (Wildman–Crippen LogP) is 1.83. The van der Waals surface area contributed by atoms with Crippen molar-refractivity contribution in [1.29, 1.82) is 0 Å². The third-order valence-corrected chi connectivity index (χ3v) is 2.50. The predicted molar refractivity (Wildman–Crippen MR) is 58.2 cm³/mol. The second kappa shape index (κ2) is 4.44. The van der Waals surface area contributed by atoms with Crippen molar-refractivity contribution in [1.82, 2.24) is 4.98 Å². The lowest BCUT2D eigenvalue weighted by molar-refractivity contribution is -0.385. The Kier molecular flexibility index (Phi) is 3.00. The van der Waals surface area contributed by atoms with Gasteiger partial charge in [-0.3, -0.25) is 15.0 Å². The Morgan fingerprint density at radius 1 is 1.50 bits per heavy atom. The van der Waals surface area contributed by atoms with Gasteiger partial charge in [-0.2, -0.15) is 0 Å². The number of pyridine rings is 1. The van der Waals surface area contributed by atoms with Crippen LogP contribution < -0.4 is 5.06 Å². The summed E-state index contributed by atoms with van der Waals surface area (Å²) >= 11 is 0. The summed E-state index contributed by atoms with van der Waals surface area (Å²) in [5.74, 6) is 0.641. The van der Waals surface area contributed by atoms with Gasteiger partial charge in [-0.1, -0.05) is 0 Å². The van der Waals surface area contributed by atoms with Crippen molar-refractivity contribution in [2.45, 2.75) is 19.8 Å². The standard InChI is InChI=1S/C10H13N3O3/c1-8-9(13(14)15)4-5-10(11-8)12-6-2-3-7-16-12/h4-5H,2-3,6-7H2,1H3. The second-order valence-electron chi connectivity index (χ2n) is 3.67. The highest BCUT2D eigenvalue weighted by Crippen LogP contribution is 2.22. The average molecular weight is 223 g/mol. The van der Waals surface area contributed by atoms with Gasteiger partial charge in [0.2, 0.25) is 0 Å². The van der Waals surface area contributed by atoms with E-state index in [9.17, 15) is 10.1 Å². The number of nitrogens with zero attached hydrogens (tertiary/aromatic N) is 3. The molecule has 0 bridgehead atoms. The van der Waals surface area contributed by atoms with Crippen molar-refractivity contribution < 1.29 is 9.76 Å². The minimum absolute atomic E-state index is 0.0424. The van der Waals surface area contributed by atoms with Gasteiger partial charge in [-0.05, 0) is 25.8 Å². The fourth-order valence-electron chi connectivity index (χ4n) is 1.65. The first-order valence-corrected chi connectivity index (χ1v) is 5.21. The molecular weight excluding hydrogens is 210 g/mol. The molecule has 1 aromatic heterocycles. The van der Waals surface area contributed by atoms with E-state index in [0.29, 0.717) is 18.1 Å². The van der Waals surface area contributed by atoms with Gasteiger partial charge in [0.15, 0.2) is 5.82 Å². The van der Waals surface area contributed by atoms with Crippen LogP contribution in [-0.4, -0.2) is 23.1 Å². The molecule has 6 heteroatoms. The molecule has 0 N–H and O–H groups in total. The molecule has 0 aromatic carbocycles. The number of anilines is 1. The molecule has 1 aliphatic rings. The molecule has 1 saturated heterocycles. The third kappa shape index (κ3) is 2.11. The highest BCUT2D eigenvalue weighted by Gasteiger charge is 2.17. The first-order valence-electron chi connectivity index (χ1n) is 5.21. The molecule has 0 atom stereocenters. The van der Waals surface area contributed by atoms with Crippen LogP contribution >= 0.6 is 0 Å². The van der Waals surface area contributed by atoms with Gasteiger partial charge in [0.1, 0.15) is 5.69 Å². The van der Waals surface area contributed by atoms with Gasteiger partial charge >= 0.3 is 0 Å². The van der Waals surface area contributed by atoms with E-state index in [1.54, 1.807) is 18.1 Å². The van der Waals surface area contributed by atoms with Crippen LogP contribution in [0, 0.1) is 17.0 Å². The highest BCUT2D eigenvalue weighted by molar-refractivity contribution is 5.45. The summed E-state index contributed by atoms with van der Waals surface area (Å²) in [6.45, 7) is 3.09. The number of nitro groups is 1. The molecule has 0 aliphatic carbocycles. The molecule has 0 saturated carbocycles. The molecule has 2 rings (SSSR count). The fourth-order valence-corrected chi connectivity index (χ4v) is 1.65. The maximum absolute atomic E-state index is 10.6. The van der Waals surface area contributed by atoms with Crippen molar-refractivity contribution in [2.75, 3.05) is 18.2 Å². The normalized spacial score (nSPS) is 16.2. The molecule has 1 fully saturated rings. The van der Waals surface area contributed by atoms with E-state index in [1.165, 1.54) is 6.07 Å². The first kappa shape index (κ1) is 10.8. The van der Waals surface area contributed by atoms with Crippen molar-refractivity contribution in [3.63, 3.8) is 0 Å². The van der Waals surface area contributed by atoms with Crippen LogP contribution in [0.5, 0.6) is 0 Å². The Bertz CT molecular complexity index is 402. The summed E-state index contributed by atoms with van der Waals surface area (Å²) < 4.78 is 0. The SMILES string of the molecule is Cc1nc(N2CCCCO2)ccc1[N+](=O)[O-]. The van der Waals surface area contributed by atoms with Crippen molar-refractivity contribution in [3.8, 4) is 0 Å². The number of aromatic nitrogens is 1. The maximum atomic E-state index is 10.6. The van der Waals surface area contributed by atoms with E-state index < -0.39 is 4.92 Å². The zero-order chi connectivity index (χ0) is 11.5. The van der Waals surface area contributed by atoms with Crippen molar-refractivity contribution >= 4 is 11.5 Å². The summed E-state index contributed by atoms with van der Waals surface area (Å²) in [6.07, 6.45) is 2.10. The molecule has 1 aliphatic heterocycles. The molecule has 0 amide bonds. The van der Waals surface area contributed by atoms with Crippen LogP contribution in [-0.2, 0) is 4.84 Å². The summed E-state index contributed by atoms with van der Waals surface area (Å²) in [4.78, 5) is 19.8. The third-order valence-electron chi connectivity index (χ3n) is 2.50. The summed E-state index contributed by atoms with van der Waals surface area (Å²) in [5.41, 5.74) is 0.456. The Morgan fingerprint density at radius 3 is 2.88 bits per heavy atom. The summed E-state index contributed by atoms with van der Waals surface area (Å²) in [7, 11) is 0. The largest absolute Gasteiger partial charge is 0.290 e. The molecule has 0 spiro atoms. The fraction of sp³-hybridized carbons (Fsp3) is 0.500. The lowest BCUT2D eigenvalue weighted by Gasteiger charge is -2.26. The summed E-state index contributed by atoms with van der Waals surface area (Å²) in [5, 5.41) is 12.3. The number of aryl methyl sites for hydroxylation is 1. The van der Waals surface area contributed by atoms with Crippen LogP contribution in [0.4, 0.5) is 11.5 Å². The molecule has 0 unspecified atom stereocenters. The van der Waals surface area contributed by atoms with E-state index in [-0.39, 0.29) is 5.69 Å². The van der Waals surface area contributed by atoms with Crippen LogP contribution in [0.1, 0.15) is 18.5 Å². The average Bonchev–Trinajstić information content (AvgIpc) is 2.29. The maximum Gasteiger partial charge on any atom is 0.290 e. The molecule has 1 aromatic rings. The van der Waals surface area contributed by atoms with Gasteiger partial charge in [-0.25, -0.2) is 10.0 Å². The zero-order valence-corrected chi connectivity index (χ0v) is 9.05. The van der Waals surface area contributed by atoms with Crippen LogP contribution in [0.15, 0.2) is 12.1 Å². The van der Waals surface area contributed by atoms with E-state index in [0.717, 1.165) is 19.4 Å². The quantitative estimate of drug-likeness (QED) is 0.565. The van der Waals surface area contributed by atoms with Gasteiger partial charge in [0.25, 0.3) is 5.69 Å². The Hall–Kier alpha value is -1.69. The first-order chi connectivity index (χ1) is 7.68. The van der Waals surface area contributed by atoms with Crippen LogP contribution in [0.2, 0.25) is 0 Å². The van der Waals surface area contributed by atoms with Gasteiger partial charge in [0, 0.05) is 12.6 Å². The van der Waals surface area contributed by atoms with Crippen molar-refractivity contribution in [3.05, 3.63) is 27.9 Å².